The molecule has 1 amide bonds. The molecule has 1 unspecified atom stereocenters. The molecule has 1 atom stereocenters. The van der Waals surface area contributed by atoms with Gasteiger partial charge in [-0.15, -0.1) is 0 Å². The molecule has 2 aromatic heterocycles. The molecule has 122 valence electrons. The van der Waals surface area contributed by atoms with Gasteiger partial charge in [0.2, 0.25) is 5.91 Å². The summed E-state index contributed by atoms with van der Waals surface area (Å²) in [6, 6.07) is 1.90. The largest absolute Gasteiger partial charge is 0.339 e. The van der Waals surface area contributed by atoms with E-state index in [1.54, 1.807) is 17.1 Å². The molecule has 4 heterocycles. The fourth-order valence-electron chi connectivity index (χ4n) is 3.39. The van der Waals surface area contributed by atoms with Crippen molar-refractivity contribution in [3.05, 3.63) is 34.9 Å². The van der Waals surface area contributed by atoms with Crippen molar-refractivity contribution in [2.45, 2.75) is 44.7 Å². The van der Waals surface area contributed by atoms with E-state index in [2.05, 4.69) is 15.8 Å². The maximum Gasteiger partial charge on any atom is 0.247 e. The van der Waals surface area contributed by atoms with Gasteiger partial charge in [0.25, 0.3) is 0 Å². The number of amides is 1. The van der Waals surface area contributed by atoms with Crippen molar-refractivity contribution in [2.24, 2.45) is 0 Å². The number of aromatic nitrogens is 4. The summed E-state index contributed by atoms with van der Waals surface area (Å²) in [6.07, 6.45) is 6.84. The van der Waals surface area contributed by atoms with Crippen molar-refractivity contribution in [1.82, 2.24) is 24.5 Å². The van der Waals surface area contributed by atoms with Crippen molar-refractivity contribution >= 4 is 17.5 Å². The van der Waals surface area contributed by atoms with Crippen molar-refractivity contribution in [3.8, 4) is 0 Å². The first-order valence-corrected chi connectivity index (χ1v) is 8.54. The van der Waals surface area contributed by atoms with Crippen molar-refractivity contribution in [3.63, 3.8) is 0 Å². The summed E-state index contributed by atoms with van der Waals surface area (Å²) >= 11 is 5.87. The molecule has 0 radical (unpaired) electrons. The molecule has 0 aliphatic carbocycles. The Hall–Kier alpha value is -1.82. The smallest absolute Gasteiger partial charge is 0.247 e. The van der Waals surface area contributed by atoms with E-state index >= 15 is 0 Å². The highest BCUT2D eigenvalue weighted by molar-refractivity contribution is 6.30. The summed E-state index contributed by atoms with van der Waals surface area (Å²) in [6.45, 7) is 4.37. The average Bonchev–Trinajstić information content (AvgIpc) is 3.10. The number of nitrogens with zero attached hydrogens (tertiary/aromatic N) is 5. The predicted molar refractivity (Wildman–Crippen MR) is 86.4 cm³/mol. The molecule has 2 aliphatic rings. The number of halogens is 1. The van der Waals surface area contributed by atoms with Gasteiger partial charge in [-0.05, 0) is 32.3 Å². The molecule has 2 aromatic rings. The molecule has 0 spiro atoms. The molecule has 7 heteroatoms. The Morgan fingerprint density at radius 1 is 1.39 bits per heavy atom. The summed E-state index contributed by atoms with van der Waals surface area (Å²) in [5.41, 5.74) is 2.48. The molecule has 23 heavy (non-hydrogen) atoms. The molecule has 1 saturated heterocycles. The third-order valence-corrected chi connectivity index (χ3v) is 5.07. The number of hydrogen-bond donors (Lipinski definition) is 0. The quantitative estimate of drug-likeness (QED) is 0.865. The third kappa shape index (κ3) is 2.65. The lowest BCUT2D eigenvalue weighted by Gasteiger charge is -2.39. The topological polar surface area (TPSA) is 56.0 Å². The lowest BCUT2D eigenvalue weighted by atomic mass is 9.95. The number of carbonyl (C=O) groups is 1. The van der Waals surface area contributed by atoms with Crippen LogP contribution in [-0.4, -0.2) is 43.5 Å². The minimum Gasteiger partial charge on any atom is -0.339 e. The minimum atomic E-state index is -0.321. The lowest BCUT2D eigenvalue weighted by Crippen LogP contribution is -2.50. The van der Waals surface area contributed by atoms with Gasteiger partial charge in [0.05, 0.1) is 16.9 Å². The van der Waals surface area contributed by atoms with Gasteiger partial charge in [0, 0.05) is 37.4 Å². The summed E-state index contributed by atoms with van der Waals surface area (Å²) in [7, 11) is 0. The Morgan fingerprint density at radius 3 is 2.91 bits per heavy atom. The van der Waals surface area contributed by atoms with E-state index in [1.165, 1.54) is 18.5 Å². The van der Waals surface area contributed by atoms with Gasteiger partial charge in [-0.3, -0.25) is 14.2 Å². The van der Waals surface area contributed by atoms with Crippen LogP contribution < -0.4 is 0 Å². The predicted octanol–water partition coefficient (Wildman–Crippen LogP) is 2.26. The molecule has 0 N–H and O–H groups in total. The van der Waals surface area contributed by atoms with Gasteiger partial charge in [0.15, 0.2) is 0 Å². The van der Waals surface area contributed by atoms with Gasteiger partial charge in [0.1, 0.15) is 6.04 Å². The Balaban J connectivity index is 1.39. The Kier molecular flexibility index (Phi) is 3.64. The summed E-state index contributed by atoms with van der Waals surface area (Å²) in [5.74, 6) is 0.454. The SMILES string of the molecule is CC(C(=O)N1CC(c2cc3n(n2)CCCC3)C1)n1cc(Cl)cn1. The Labute approximate surface area is 140 Å². The van der Waals surface area contributed by atoms with Crippen LogP contribution in [-0.2, 0) is 17.8 Å². The Bertz CT molecular complexity index is 707. The van der Waals surface area contributed by atoms with Crippen LogP contribution in [0.25, 0.3) is 0 Å². The van der Waals surface area contributed by atoms with E-state index < -0.39 is 0 Å². The van der Waals surface area contributed by atoms with E-state index in [0.29, 0.717) is 10.9 Å². The zero-order valence-electron chi connectivity index (χ0n) is 13.2. The van der Waals surface area contributed by atoms with Crippen LogP contribution in [0.15, 0.2) is 18.5 Å². The highest BCUT2D eigenvalue weighted by atomic mass is 35.5. The normalized spacial score (nSPS) is 19.3. The molecule has 6 nitrogen and oxygen atoms in total. The number of carbonyl (C=O) groups excluding carboxylic acids is 1. The fourth-order valence-corrected chi connectivity index (χ4v) is 3.53. The van der Waals surface area contributed by atoms with E-state index in [9.17, 15) is 4.79 Å². The number of rotatable bonds is 3. The number of likely N-dealkylation sites (tertiary alicyclic amines) is 1. The summed E-state index contributed by atoms with van der Waals surface area (Å²) in [5, 5.41) is 9.39. The fraction of sp³-hybridized carbons (Fsp3) is 0.562. The zero-order valence-corrected chi connectivity index (χ0v) is 13.9. The molecule has 0 saturated carbocycles. The van der Waals surface area contributed by atoms with Crippen LogP contribution in [0.2, 0.25) is 5.02 Å². The maximum absolute atomic E-state index is 12.5. The van der Waals surface area contributed by atoms with Crippen LogP contribution in [0.5, 0.6) is 0 Å². The van der Waals surface area contributed by atoms with Crippen LogP contribution in [0.1, 0.15) is 43.1 Å². The first kappa shape index (κ1) is 14.8. The first-order valence-electron chi connectivity index (χ1n) is 8.17. The molecular weight excluding hydrogens is 314 g/mol. The van der Waals surface area contributed by atoms with E-state index in [4.69, 9.17) is 16.7 Å². The van der Waals surface area contributed by atoms with Gasteiger partial charge >= 0.3 is 0 Å². The van der Waals surface area contributed by atoms with Crippen LogP contribution in [0, 0.1) is 0 Å². The van der Waals surface area contributed by atoms with Gasteiger partial charge < -0.3 is 4.90 Å². The highest BCUT2D eigenvalue weighted by Crippen LogP contribution is 2.30. The standard InChI is InChI=1S/C16H20ClN5O/c1-11(22-10-13(17)7-18-22)16(23)20-8-12(9-20)15-6-14-4-2-3-5-21(14)19-15/h6-7,10-12H,2-5,8-9H2,1H3. The molecule has 2 aliphatic heterocycles. The number of hydrogen-bond acceptors (Lipinski definition) is 3. The second-order valence-electron chi connectivity index (χ2n) is 6.50. The van der Waals surface area contributed by atoms with Gasteiger partial charge in [-0.2, -0.15) is 10.2 Å². The van der Waals surface area contributed by atoms with Crippen LogP contribution >= 0.6 is 11.6 Å². The molecular formula is C16H20ClN5O. The van der Waals surface area contributed by atoms with Crippen LogP contribution in [0.3, 0.4) is 0 Å². The summed E-state index contributed by atoms with van der Waals surface area (Å²) in [4.78, 5) is 14.4. The van der Waals surface area contributed by atoms with Crippen LogP contribution in [0.4, 0.5) is 0 Å². The summed E-state index contributed by atoms with van der Waals surface area (Å²) < 4.78 is 3.75. The second kappa shape index (κ2) is 5.67. The molecule has 4 rings (SSSR count). The third-order valence-electron chi connectivity index (χ3n) is 4.87. The number of fused-ring (bicyclic) bond motifs is 1. The maximum atomic E-state index is 12.5. The van der Waals surface area contributed by atoms with Crippen molar-refractivity contribution in [2.75, 3.05) is 13.1 Å². The van der Waals surface area contributed by atoms with E-state index in [-0.39, 0.29) is 11.9 Å². The Morgan fingerprint density at radius 2 is 2.22 bits per heavy atom. The van der Waals surface area contributed by atoms with Crippen molar-refractivity contribution < 1.29 is 4.79 Å². The van der Waals surface area contributed by atoms with E-state index in [0.717, 1.165) is 31.7 Å². The second-order valence-corrected chi connectivity index (χ2v) is 6.93. The van der Waals surface area contributed by atoms with Gasteiger partial charge in [-0.1, -0.05) is 11.6 Å². The molecule has 0 aromatic carbocycles. The average molecular weight is 334 g/mol. The minimum absolute atomic E-state index is 0.0880. The highest BCUT2D eigenvalue weighted by Gasteiger charge is 2.36. The molecule has 1 fully saturated rings. The van der Waals surface area contributed by atoms with Gasteiger partial charge in [-0.25, -0.2) is 0 Å². The first-order chi connectivity index (χ1) is 11.1. The zero-order chi connectivity index (χ0) is 16.0. The lowest BCUT2D eigenvalue weighted by molar-refractivity contribution is -0.139. The molecule has 0 bridgehead atoms. The monoisotopic (exact) mass is 333 g/mol. The van der Waals surface area contributed by atoms with E-state index in [1.807, 2.05) is 11.8 Å². The van der Waals surface area contributed by atoms with Crippen molar-refractivity contribution in [1.29, 1.82) is 0 Å². The number of aryl methyl sites for hydroxylation is 2.